The molecule has 0 N–H and O–H groups in total. The first-order valence-electron chi connectivity index (χ1n) is 5.97. The number of hydrogen-bond acceptors (Lipinski definition) is 0. The van der Waals surface area contributed by atoms with Gasteiger partial charge in [-0.25, -0.2) is 0 Å². The van der Waals surface area contributed by atoms with Crippen LogP contribution in [0.25, 0.3) is 0 Å². The van der Waals surface area contributed by atoms with Gasteiger partial charge in [0.1, 0.15) is 0 Å². The Morgan fingerprint density at radius 3 is 1.88 bits per heavy atom. The smallest absolute Gasteiger partial charge is 1.00 e. The summed E-state index contributed by atoms with van der Waals surface area (Å²) in [4.78, 5) is 0. The van der Waals surface area contributed by atoms with Crippen molar-refractivity contribution in [3.8, 4) is 0 Å². The van der Waals surface area contributed by atoms with Crippen molar-refractivity contribution >= 4 is 23.1 Å². The zero-order valence-electron chi connectivity index (χ0n) is 10.8. The molecule has 0 saturated carbocycles. The molecule has 0 aliphatic rings. The Hall–Kier alpha value is 0.946. The Kier molecular flexibility index (Phi) is 23.0. The molecule has 94 valence electrons. The Labute approximate surface area is 144 Å². The Balaban J connectivity index is -0.000000653. The van der Waals surface area contributed by atoms with Crippen LogP contribution in [0.15, 0.2) is 30.3 Å². The van der Waals surface area contributed by atoms with Crippen molar-refractivity contribution in [1.29, 1.82) is 0 Å². The van der Waals surface area contributed by atoms with Crippen LogP contribution in [0.3, 0.4) is 0 Å². The maximum atomic E-state index is 2.27. The van der Waals surface area contributed by atoms with Gasteiger partial charge in [0.2, 0.25) is 0 Å². The number of benzene rings is 1. The molecule has 0 unspecified atom stereocenters. The second-order valence-corrected chi connectivity index (χ2v) is 4.00. The van der Waals surface area contributed by atoms with E-state index in [0.29, 0.717) is 0 Å². The van der Waals surface area contributed by atoms with Gasteiger partial charge in [0.05, 0.1) is 0 Å². The first-order valence-corrected chi connectivity index (χ1v) is 5.97. The molecule has 0 amide bonds. The molecule has 1 rings (SSSR count). The fraction of sp³-hybridized carbons (Fsp3) is 0.571. The van der Waals surface area contributed by atoms with E-state index in [2.05, 4.69) is 37.3 Å². The zero-order chi connectivity index (χ0) is 10.1. The SMILES string of the molecule is CCCCCCCCc1ccccc1.[Br-].[Br-].[Mg+2]. The summed E-state index contributed by atoms with van der Waals surface area (Å²) in [5.74, 6) is 0. The maximum Gasteiger partial charge on any atom is 2.00 e. The Morgan fingerprint density at radius 2 is 1.29 bits per heavy atom. The van der Waals surface area contributed by atoms with E-state index in [0.717, 1.165) is 0 Å². The van der Waals surface area contributed by atoms with Crippen LogP contribution in [0.4, 0.5) is 0 Å². The van der Waals surface area contributed by atoms with Crippen molar-refractivity contribution in [2.45, 2.75) is 51.9 Å². The van der Waals surface area contributed by atoms with Crippen molar-refractivity contribution in [2.24, 2.45) is 0 Å². The van der Waals surface area contributed by atoms with Crippen LogP contribution in [0.1, 0.15) is 51.0 Å². The largest absolute Gasteiger partial charge is 2.00 e. The molecule has 0 fully saturated rings. The Morgan fingerprint density at radius 1 is 0.765 bits per heavy atom. The summed E-state index contributed by atoms with van der Waals surface area (Å²) in [7, 11) is 0. The molecule has 0 heterocycles. The minimum absolute atomic E-state index is 0. The third kappa shape index (κ3) is 13.2. The van der Waals surface area contributed by atoms with Gasteiger partial charge in [-0.3, -0.25) is 0 Å². The van der Waals surface area contributed by atoms with Gasteiger partial charge in [0, 0.05) is 0 Å². The van der Waals surface area contributed by atoms with Crippen LogP contribution in [0, 0.1) is 0 Å². The van der Waals surface area contributed by atoms with Gasteiger partial charge in [-0.1, -0.05) is 69.4 Å². The maximum absolute atomic E-state index is 2.27. The molecule has 17 heavy (non-hydrogen) atoms. The van der Waals surface area contributed by atoms with Gasteiger partial charge in [-0.05, 0) is 18.4 Å². The topological polar surface area (TPSA) is 0 Å². The summed E-state index contributed by atoms with van der Waals surface area (Å²) in [5, 5.41) is 0. The molecule has 0 radical (unpaired) electrons. The van der Waals surface area contributed by atoms with E-state index in [9.17, 15) is 0 Å². The fourth-order valence-corrected chi connectivity index (χ4v) is 1.75. The summed E-state index contributed by atoms with van der Waals surface area (Å²) in [6, 6.07) is 10.8. The summed E-state index contributed by atoms with van der Waals surface area (Å²) in [6.45, 7) is 2.27. The van der Waals surface area contributed by atoms with E-state index in [-0.39, 0.29) is 57.0 Å². The number of rotatable bonds is 7. The third-order valence-corrected chi connectivity index (χ3v) is 2.66. The van der Waals surface area contributed by atoms with Crippen LogP contribution in [-0.4, -0.2) is 23.1 Å². The average molecular weight is 374 g/mol. The molecule has 0 nitrogen and oxygen atoms in total. The third-order valence-electron chi connectivity index (χ3n) is 2.66. The molecule has 3 heteroatoms. The van der Waals surface area contributed by atoms with E-state index in [1.807, 2.05) is 0 Å². The van der Waals surface area contributed by atoms with Crippen molar-refractivity contribution < 1.29 is 34.0 Å². The molecular formula is C14H22Br2Mg. The van der Waals surface area contributed by atoms with Gasteiger partial charge in [0.15, 0.2) is 0 Å². The quantitative estimate of drug-likeness (QED) is 0.391. The molecule has 0 aromatic heterocycles. The second kappa shape index (κ2) is 16.9. The van der Waals surface area contributed by atoms with Gasteiger partial charge < -0.3 is 34.0 Å². The first-order chi connectivity index (χ1) is 6.93. The van der Waals surface area contributed by atoms with Crippen LogP contribution in [0.5, 0.6) is 0 Å². The molecule has 1 aromatic carbocycles. The fourth-order valence-electron chi connectivity index (χ4n) is 1.75. The van der Waals surface area contributed by atoms with Gasteiger partial charge >= 0.3 is 23.1 Å². The van der Waals surface area contributed by atoms with Gasteiger partial charge in [-0.2, -0.15) is 0 Å². The first kappa shape index (κ1) is 23.1. The van der Waals surface area contributed by atoms with E-state index < -0.39 is 0 Å². The number of aryl methyl sites for hydroxylation is 1. The summed E-state index contributed by atoms with van der Waals surface area (Å²) >= 11 is 0. The molecular weight excluding hydrogens is 352 g/mol. The van der Waals surface area contributed by atoms with Crippen LogP contribution >= 0.6 is 0 Å². The van der Waals surface area contributed by atoms with Crippen LogP contribution in [0.2, 0.25) is 0 Å². The van der Waals surface area contributed by atoms with E-state index in [1.54, 1.807) is 0 Å². The van der Waals surface area contributed by atoms with Crippen LogP contribution < -0.4 is 34.0 Å². The number of halogens is 2. The van der Waals surface area contributed by atoms with E-state index in [4.69, 9.17) is 0 Å². The average Bonchev–Trinajstić information content (AvgIpc) is 2.25. The summed E-state index contributed by atoms with van der Waals surface area (Å²) in [5.41, 5.74) is 1.49. The van der Waals surface area contributed by atoms with Crippen molar-refractivity contribution in [2.75, 3.05) is 0 Å². The molecule has 1 aromatic rings. The predicted octanol–water partition coefficient (Wildman–Crippen LogP) is -1.78. The van der Waals surface area contributed by atoms with Crippen molar-refractivity contribution in [3.63, 3.8) is 0 Å². The standard InChI is InChI=1S/C14H22.2BrH.Mg/c1-2-3-4-5-6-8-11-14-12-9-7-10-13-14;;;/h7,9-10,12-13H,2-6,8,11H2,1H3;2*1H;/q;;;+2/p-2. The predicted molar refractivity (Wildman–Crippen MR) is 69.3 cm³/mol. The van der Waals surface area contributed by atoms with Crippen molar-refractivity contribution in [3.05, 3.63) is 35.9 Å². The molecule has 0 atom stereocenters. The minimum Gasteiger partial charge on any atom is -1.00 e. The Bertz CT molecular complexity index is 227. The summed E-state index contributed by atoms with van der Waals surface area (Å²) < 4.78 is 0. The van der Waals surface area contributed by atoms with Crippen LogP contribution in [-0.2, 0) is 6.42 Å². The van der Waals surface area contributed by atoms with E-state index >= 15 is 0 Å². The van der Waals surface area contributed by atoms with Gasteiger partial charge in [0.25, 0.3) is 0 Å². The number of unbranched alkanes of at least 4 members (excludes halogenated alkanes) is 5. The molecule has 0 aliphatic heterocycles. The second-order valence-electron chi connectivity index (χ2n) is 4.00. The summed E-state index contributed by atoms with van der Waals surface area (Å²) in [6.07, 6.45) is 9.60. The zero-order valence-corrected chi connectivity index (χ0v) is 15.4. The minimum atomic E-state index is 0. The number of hydrogen-bond donors (Lipinski definition) is 0. The molecule has 0 aliphatic carbocycles. The van der Waals surface area contributed by atoms with Gasteiger partial charge in [-0.15, -0.1) is 0 Å². The van der Waals surface area contributed by atoms with Crippen molar-refractivity contribution in [1.82, 2.24) is 0 Å². The molecule has 0 bridgehead atoms. The molecule has 0 saturated heterocycles. The van der Waals surface area contributed by atoms with E-state index in [1.165, 1.54) is 50.5 Å². The monoisotopic (exact) mass is 372 g/mol. The normalized spacial score (nSPS) is 8.53. The molecule has 0 spiro atoms.